The third-order valence-electron chi connectivity index (χ3n) is 1.68. The summed E-state index contributed by atoms with van der Waals surface area (Å²) in [5, 5.41) is 0. The first kappa shape index (κ1) is 9.00. The van der Waals surface area contributed by atoms with Gasteiger partial charge in [-0.1, -0.05) is 0 Å². The standard InChI is InChI=1S/C9H13NO2/c1-7-8(6-11-2)4-5-9(10-7)12-3/h4-5H,6H2,1-3H3. The second-order valence-electron chi connectivity index (χ2n) is 2.53. The van der Waals surface area contributed by atoms with Gasteiger partial charge < -0.3 is 9.47 Å². The van der Waals surface area contributed by atoms with Crippen molar-refractivity contribution in [2.75, 3.05) is 14.2 Å². The van der Waals surface area contributed by atoms with Crippen LogP contribution in [0, 0.1) is 6.92 Å². The van der Waals surface area contributed by atoms with Gasteiger partial charge in [0.15, 0.2) is 0 Å². The fourth-order valence-corrected chi connectivity index (χ4v) is 0.989. The van der Waals surface area contributed by atoms with Gasteiger partial charge >= 0.3 is 0 Å². The zero-order chi connectivity index (χ0) is 8.97. The van der Waals surface area contributed by atoms with Crippen molar-refractivity contribution >= 4 is 0 Å². The van der Waals surface area contributed by atoms with Crippen LogP contribution in [0.3, 0.4) is 0 Å². The molecule has 0 aromatic carbocycles. The van der Waals surface area contributed by atoms with Gasteiger partial charge in [-0.25, -0.2) is 4.98 Å². The normalized spacial score (nSPS) is 9.92. The third kappa shape index (κ3) is 1.95. The highest BCUT2D eigenvalue weighted by atomic mass is 16.5. The maximum atomic E-state index is 5.00. The van der Waals surface area contributed by atoms with Crippen LogP contribution in [0.2, 0.25) is 0 Å². The van der Waals surface area contributed by atoms with Crippen molar-refractivity contribution in [2.24, 2.45) is 0 Å². The molecule has 3 nitrogen and oxygen atoms in total. The highest BCUT2D eigenvalue weighted by molar-refractivity contribution is 5.24. The molecule has 0 saturated carbocycles. The van der Waals surface area contributed by atoms with Crippen molar-refractivity contribution in [3.8, 4) is 5.88 Å². The molecule has 0 unspecified atom stereocenters. The van der Waals surface area contributed by atoms with Crippen molar-refractivity contribution in [3.63, 3.8) is 0 Å². The number of hydrogen-bond acceptors (Lipinski definition) is 3. The molecule has 0 bridgehead atoms. The molecule has 1 rings (SSSR count). The SMILES string of the molecule is COCc1ccc(OC)nc1C. The quantitative estimate of drug-likeness (QED) is 0.684. The van der Waals surface area contributed by atoms with Crippen LogP contribution in [0.25, 0.3) is 0 Å². The predicted octanol–water partition coefficient (Wildman–Crippen LogP) is 1.55. The Balaban J connectivity index is 2.87. The summed E-state index contributed by atoms with van der Waals surface area (Å²) in [6.45, 7) is 2.54. The lowest BCUT2D eigenvalue weighted by Gasteiger charge is -2.05. The van der Waals surface area contributed by atoms with E-state index in [4.69, 9.17) is 9.47 Å². The minimum absolute atomic E-state index is 0.600. The molecule has 0 aliphatic rings. The first-order chi connectivity index (χ1) is 5.77. The van der Waals surface area contributed by atoms with Crippen molar-refractivity contribution < 1.29 is 9.47 Å². The van der Waals surface area contributed by atoms with Crippen LogP contribution in [0.5, 0.6) is 5.88 Å². The molecule has 66 valence electrons. The van der Waals surface area contributed by atoms with Gasteiger partial charge in [0, 0.05) is 18.9 Å². The predicted molar refractivity (Wildman–Crippen MR) is 46.2 cm³/mol. The summed E-state index contributed by atoms with van der Waals surface area (Å²) in [5.74, 6) is 0.646. The third-order valence-corrected chi connectivity index (χ3v) is 1.68. The lowest BCUT2D eigenvalue weighted by molar-refractivity contribution is 0.184. The van der Waals surface area contributed by atoms with E-state index in [1.54, 1.807) is 14.2 Å². The Morgan fingerprint density at radius 2 is 2.08 bits per heavy atom. The highest BCUT2D eigenvalue weighted by Crippen LogP contribution is 2.12. The number of pyridine rings is 1. The second kappa shape index (κ2) is 4.07. The molecule has 3 heteroatoms. The van der Waals surface area contributed by atoms with E-state index in [0.29, 0.717) is 12.5 Å². The lowest BCUT2D eigenvalue weighted by atomic mass is 10.2. The van der Waals surface area contributed by atoms with Crippen LogP contribution in [0.4, 0.5) is 0 Å². The van der Waals surface area contributed by atoms with E-state index in [0.717, 1.165) is 11.3 Å². The molecule has 0 aliphatic heterocycles. The van der Waals surface area contributed by atoms with E-state index >= 15 is 0 Å². The van der Waals surface area contributed by atoms with E-state index in [9.17, 15) is 0 Å². The summed E-state index contributed by atoms with van der Waals surface area (Å²) in [6.07, 6.45) is 0. The van der Waals surface area contributed by atoms with Gasteiger partial charge in [0.1, 0.15) is 0 Å². The number of aromatic nitrogens is 1. The number of ether oxygens (including phenoxy) is 2. The minimum Gasteiger partial charge on any atom is -0.481 e. The molecule has 0 saturated heterocycles. The van der Waals surface area contributed by atoms with E-state index in [1.807, 2.05) is 19.1 Å². The fourth-order valence-electron chi connectivity index (χ4n) is 0.989. The first-order valence-electron chi connectivity index (χ1n) is 3.77. The first-order valence-corrected chi connectivity index (χ1v) is 3.77. The molecule has 1 heterocycles. The summed E-state index contributed by atoms with van der Waals surface area (Å²) < 4.78 is 9.98. The summed E-state index contributed by atoms with van der Waals surface area (Å²) in [6, 6.07) is 3.80. The number of rotatable bonds is 3. The molecule has 1 aromatic rings. The Hall–Kier alpha value is -1.09. The molecule has 0 radical (unpaired) electrons. The molecular formula is C9H13NO2. The topological polar surface area (TPSA) is 31.4 Å². The van der Waals surface area contributed by atoms with Crippen LogP contribution in [-0.2, 0) is 11.3 Å². The molecule has 0 spiro atoms. The molecule has 0 N–H and O–H groups in total. The summed E-state index contributed by atoms with van der Waals surface area (Å²) in [4.78, 5) is 4.21. The minimum atomic E-state index is 0.600. The van der Waals surface area contributed by atoms with Crippen LogP contribution in [0.1, 0.15) is 11.3 Å². The number of aryl methyl sites for hydroxylation is 1. The van der Waals surface area contributed by atoms with E-state index < -0.39 is 0 Å². The van der Waals surface area contributed by atoms with Crippen LogP contribution in [-0.4, -0.2) is 19.2 Å². The van der Waals surface area contributed by atoms with Crippen molar-refractivity contribution in [1.29, 1.82) is 0 Å². The van der Waals surface area contributed by atoms with Gasteiger partial charge in [0.2, 0.25) is 5.88 Å². The Morgan fingerprint density at radius 1 is 1.33 bits per heavy atom. The van der Waals surface area contributed by atoms with E-state index in [2.05, 4.69) is 4.98 Å². The average molecular weight is 167 g/mol. The van der Waals surface area contributed by atoms with Gasteiger partial charge in [-0.3, -0.25) is 0 Å². The van der Waals surface area contributed by atoms with Gasteiger partial charge in [-0.15, -0.1) is 0 Å². The van der Waals surface area contributed by atoms with Crippen LogP contribution < -0.4 is 4.74 Å². The molecular weight excluding hydrogens is 154 g/mol. The number of nitrogens with zero attached hydrogens (tertiary/aromatic N) is 1. The largest absolute Gasteiger partial charge is 0.481 e. The maximum Gasteiger partial charge on any atom is 0.213 e. The van der Waals surface area contributed by atoms with Crippen molar-refractivity contribution in [1.82, 2.24) is 4.98 Å². The summed E-state index contributed by atoms with van der Waals surface area (Å²) in [7, 11) is 3.28. The Kier molecular flexibility index (Phi) is 3.05. The number of methoxy groups -OCH3 is 2. The van der Waals surface area contributed by atoms with E-state index in [-0.39, 0.29) is 0 Å². The van der Waals surface area contributed by atoms with Crippen LogP contribution >= 0.6 is 0 Å². The zero-order valence-corrected chi connectivity index (χ0v) is 7.63. The molecule has 12 heavy (non-hydrogen) atoms. The van der Waals surface area contributed by atoms with Gasteiger partial charge in [0.05, 0.1) is 13.7 Å². The molecule has 0 aliphatic carbocycles. The Bertz CT molecular complexity index is 261. The van der Waals surface area contributed by atoms with Crippen molar-refractivity contribution in [3.05, 3.63) is 23.4 Å². The number of hydrogen-bond donors (Lipinski definition) is 0. The average Bonchev–Trinajstić information content (AvgIpc) is 2.09. The van der Waals surface area contributed by atoms with Crippen LogP contribution in [0.15, 0.2) is 12.1 Å². The van der Waals surface area contributed by atoms with Crippen molar-refractivity contribution in [2.45, 2.75) is 13.5 Å². The highest BCUT2D eigenvalue weighted by Gasteiger charge is 2.00. The monoisotopic (exact) mass is 167 g/mol. The smallest absolute Gasteiger partial charge is 0.213 e. The fraction of sp³-hybridized carbons (Fsp3) is 0.444. The second-order valence-corrected chi connectivity index (χ2v) is 2.53. The molecule has 0 atom stereocenters. The van der Waals surface area contributed by atoms with E-state index in [1.165, 1.54) is 0 Å². The van der Waals surface area contributed by atoms with Gasteiger partial charge in [0.25, 0.3) is 0 Å². The van der Waals surface area contributed by atoms with Gasteiger partial charge in [-0.05, 0) is 18.6 Å². The van der Waals surface area contributed by atoms with Gasteiger partial charge in [-0.2, -0.15) is 0 Å². The summed E-state index contributed by atoms with van der Waals surface area (Å²) in [5.41, 5.74) is 2.05. The molecule has 1 aromatic heterocycles. The lowest BCUT2D eigenvalue weighted by Crippen LogP contribution is -1.96. The molecule has 0 amide bonds. The summed E-state index contributed by atoms with van der Waals surface area (Å²) >= 11 is 0. The maximum absolute atomic E-state index is 5.00. The Labute approximate surface area is 72.3 Å². The zero-order valence-electron chi connectivity index (χ0n) is 7.63. The molecule has 0 fully saturated rings. The Morgan fingerprint density at radius 3 is 2.58 bits per heavy atom.